The molecule has 0 saturated heterocycles. The van der Waals surface area contributed by atoms with Gasteiger partial charge in [0.1, 0.15) is 23.5 Å². The summed E-state index contributed by atoms with van der Waals surface area (Å²) in [4.78, 5) is 2.54. The summed E-state index contributed by atoms with van der Waals surface area (Å²) in [7, 11) is 0. The second kappa shape index (κ2) is 7.98. The first kappa shape index (κ1) is 20.4. The fourth-order valence-corrected chi connectivity index (χ4v) is 4.43. The zero-order valence-electron chi connectivity index (χ0n) is 18.7. The largest absolute Gasteiger partial charge is 0.359 e. The van der Waals surface area contributed by atoms with E-state index in [1.807, 2.05) is 0 Å². The third-order valence-corrected chi connectivity index (χ3v) is 5.40. The molecule has 3 nitrogen and oxygen atoms in total. The van der Waals surface area contributed by atoms with E-state index in [-0.39, 0.29) is 0 Å². The Hall–Kier alpha value is -2.29. The fourth-order valence-electron chi connectivity index (χ4n) is 4.43. The molecule has 0 saturated carbocycles. The Kier molecular flexibility index (Phi) is 5.83. The van der Waals surface area contributed by atoms with Crippen molar-refractivity contribution < 1.29 is 0 Å². The molecule has 3 heteroatoms. The van der Waals surface area contributed by atoms with Crippen LogP contribution in [0.1, 0.15) is 55.4 Å². The van der Waals surface area contributed by atoms with E-state index < -0.39 is 0 Å². The number of anilines is 3. The lowest BCUT2D eigenvalue weighted by Crippen LogP contribution is -2.41. The molecule has 0 spiro atoms. The number of hydrogen-bond donors (Lipinski definition) is 1. The molecule has 0 fully saturated rings. The first-order valence-corrected chi connectivity index (χ1v) is 10.7. The van der Waals surface area contributed by atoms with Crippen LogP contribution in [0.25, 0.3) is 10.8 Å². The van der Waals surface area contributed by atoms with Gasteiger partial charge in [0.15, 0.2) is 0 Å². The van der Waals surface area contributed by atoms with Gasteiger partial charge in [0.2, 0.25) is 0 Å². The Bertz CT molecular complexity index is 951. The minimum absolute atomic E-state index is 0.460. The number of rotatable bonds is 7. The lowest BCUT2D eigenvalue weighted by Gasteiger charge is -2.29. The van der Waals surface area contributed by atoms with Crippen molar-refractivity contribution in [3.05, 3.63) is 47.8 Å². The van der Waals surface area contributed by atoms with Gasteiger partial charge in [-0.05, 0) is 78.3 Å². The summed E-state index contributed by atoms with van der Waals surface area (Å²) in [5.41, 5.74) is 3.81. The van der Waals surface area contributed by atoms with E-state index in [9.17, 15) is 0 Å². The van der Waals surface area contributed by atoms with Crippen molar-refractivity contribution in [1.82, 2.24) is 4.58 Å². The van der Waals surface area contributed by atoms with Gasteiger partial charge in [-0.3, -0.25) is 0 Å². The lowest BCUT2D eigenvalue weighted by molar-refractivity contribution is 0.429. The molecule has 0 atom stereocenters. The molecule has 3 aromatic carbocycles. The minimum atomic E-state index is 0.460. The summed E-state index contributed by atoms with van der Waals surface area (Å²) in [6, 6.07) is 17.0. The molecule has 28 heavy (non-hydrogen) atoms. The Morgan fingerprint density at radius 1 is 0.750 bits per heavy atom. The second-order valence-corrected chi connectivity index (χ2v) is 8.95. The van der Waals surface area contributed by atoms with Gasteiger partial charge < -0.3 is 10.2 Å². The molecule has 0 unspecified atom stereocenters. The van der Waals surface area contributed by atoms with Crippen LogP contribution in [0.3, 0.4) is 0 Å². The van der Waals surface area contributed by atoms with Gasteiger partial charge in [-0.15, -0.1) is 0 Å². The Labute approximate surface area is 170 Å². The number of hydrogen-bond acceptors (Lipinski definition) is 2. The normalized spacial score (nSPS) is 12.1. The zero-order chi connectivity index (χ0) is 20.6. The molecular formula is C25H36N3+. The van der Waals surface area contributed by atoms with Crippen molar-refractivity contribution in [2.45, 2.75) is 79.6 Å². The van der Waals surface area contributed by atoms with E-state index in [2.05, 4.69) is 113 Å². The van der Waals surface area contributed by atoms with Crippen molar-refractivity contribution >= 4 is 27.8 Å². The van der Waals surface area contributed by atoms with Crippen molar-refractivity contribution in [2.75, 3.05) is 10.2 Å². The molecule has 3 aromatic rings. The molecule has 0 aromatic heterocycles. The average Bonchev–Trinajstić information content (AvgIpc) is 3.25. The minimum Gasteiger partial charge on any atom is -0.359 e. The van der Waals surface area contributed by atoms with Crippen LogP contribution < -0.4 is 20.1 Å². The standard InChI is InChI=1S/C25H35N3/c1-16(2)27(17(3)4)24-23(25(24)28(18(5)6)19(7)8)26-22-14-13-20-11-9-10-12-21(20)15-22/h9-19H,1-8H3/p+1. The van der Waals surface area contributed by atoms with E-state index in [4.69, 9.17) is 0 Å². The molecule has 150 valence electrons. The maximum atomic E-state index is 3.75. The monoisotopic (exact) mass is 378 g/mol. The maximum Gasteiger partial charge on any atom is 0.252 e. The van der Waals surface area contributed by atoms with E-state index in [1.165, 1.54) is 27.5 Å². The lowest BCUT2D eigenvalue weighted by atomic mass is 10.1. The molecule has 0 radical (unpaired) electrons. The topological polar surface area (TPSA) is 18.3 Å². The van der Waals surface area contributed by atoms with Crippen LogP contribution in [0, 0.1) is 0 Å². The number of nitrogens with zero attached hydrogens (tertiary/aromatic N) is 2. The van der Waals surface area contributed by atoms with Crippen molar-refractivity contribution in [3.8, 4) is 0 Å². The number of nitrogens with one attached hydrogen (secondary N) is 1. The SMILES string of the molecule is CC(C)N(c1c(Nc2ccc3ccccc3c2)c1=[N+](C(C)C)C(C)C)C(C)C. The quantitative estimate of drug-likeness (QED) is 0.534. The summed E-state index contributed by atoms with van der Waals surface area (Å²) < 4.78 is 2.54. The molecule has 3 rings (SSSR count). The maximum absolute atomic E-state index is 3.75. The highest BCUT2D eigenvalue weighted by Gasteiger charge is 2.37. The summed E-state index contributed by atoms with van der Waals surface area (Å²) in [6.45, 7) is 18.3. The van der Waals surface area contributed by atoms with Crippen LogP contribution in [0.4, 0.5) is 17.1 Å². The molecule has 0 heterocycles. The van der Waals surface area contributed by atoms with Gasteiger partial charge in [0.05, 0.1) is 0 Å². The Balaban J connectivity index is 2.10. The number of fused-ring (bicyclic) bond motifs is 1. The van der Waals surface area contributed by atoms with Crippen LogP contribution in [0.15, 0.2) is 42.5 Å². The van der Waals surface area contributed by atoms with Crippen LogP contribution in [-0.4, -0.2) is 24.2 Å². The third kappa shape index (κ3) is 3.94. The molecule has 0 aliphatic carbocycles. The molecule has 0 bridgehead atoms. The van der Waals surface area contributed by atoms with Gasteiger partial charge in [-0.25, -0.2) is 4.58 Å². The molecular weight excluding hydrogens is 342 g/mol. The fraction of sp³-hybridized carbons (Fsp3) is 0.480. The first-order chi connectivity index (χ1) is 13.2. The van der Waals surface area contributed by atoms with Gasteiger partial charge in [-0.1, -0.05) is 30.3 Å². The van der Waals surface area contributed by atoms with Crippen molar-refractivity contribution in [2.24, 2.45) is 0 Å². The Morgan fingerprint density at radius 3 is 1.86 bits per heavy atom. The highest BCUT2D eigenvalue weighted by Crippen LogP contribution is 2.35. The van der Waals surface area contributed by atoms with Crippen LogP contribution in [0.2, 0.25) is 0 Å². The van der Waals surface area contributed by atoms with E-state index >= 15 is 0 Å². The van der Waals surface area contributed by atoms with Crippen LogP contribution in [-0.2, 0) is 0 Å². The van der Waals surface area contributed by atoms with Gasteiger partial charge in [0, 0.05) is 17.8 Å². The smallest absolute Gasteiger partial charge is 0.252 e. The van der Waals surface area contributed by atoms with Gasteiger partial charge in [0.25, 0.3) is 5.36 Å². The summed E-state index contributed by atoms with van der Waals surface area (Å²) >= 11 is 0. The van der Waals surface area contributed by atoms with E-state index in [1.54, 1.807) is 0 Å². The van der Waals surface area contributed by atoms with Crippen LogP contribution in [0.5, 0.6) is 0 Å². The predicted octanol–water partition coefficient (Wildman–Crippen LogP) is 5.67. The van der Waals surface area contributed by atoms with Crippen molar-refractivity contribution in [3.63, 3.8) is 0 Å². The molecule has 1 N–H and O–H groups in total. The summed E-state index contributed by atoms with van der Waals surface area (Å²) in [6.07, 6.45) is 0. The predicted molar refractivity (Wildman–Crippen MR) is 124 cm³/mol. The highest BCUT2D eigenvalue weighted by atomic mass is 15.2. The second-order valence-electron chi connectivity index (χ2n) is 8.95. The van der Waals surface area contributed by atoms with Crippen molar-refractivity contribution in [1.29, 1.82) is 0 Å². The van der Waals surface area contributed by atoms with Gasteiger partial charge in [-0.2, -0.15) is 0 Å². The van der Waals surface area contributed by atoms with E-state index in [0.29, 0.717) is 24.2 Å². The molecule has 0 amide bonds. The summed E-state index contributed by atoms with van der Waals surface area (Å²) in [5, 5.41) is 7.67. The Morgan fingerprint density at radius 2 is 1.32 bits per heavy atom. The highest BCUT2D eigenvalue weighted by molar-refractivity contribution is 5.91. The first-order valence-electron chi connectivity index (χ1n) is 10.7. The van der Waals surface area contributed by atoms with E-state index in [0.717, 1.165) is 5.69 Å². The third-order valence-electron chi connectivity index (χ3n) is 5.40. The molecule has 0 aliphatic rings. The van der Waals surface area contributed by atoms with Gasteiger partial charge >= 0.3 is 0 Å². The van der Waals surface area contributed by atoms with Crippen LogP contribution >= 0.6 is 0 Å². The number of benzene rings is 2. The zero-order valence-corrected chi connectivity index (χ0v) is 18.7. The summed E-state index contributed by atoms with van der Waals surface area (Å²) in [5.74, 6) is 0. The average molecular weight is 379 g/mol. The molecule has 0 aliphatic heterocycles.